The molecule has 3 unspecified atom stereocenters. The van der Waals surface area contributed by atoms with Gasteiger partial charge in [0.1, 0.15) is 17.4 Å². The number of carboxylic acid groups (broad SMARTS) is 1. The van der Waals surface area contributed by atoms with Gasteiger partial charge in [-0.15, -0.1) is 0 Å². The number of hydrogen-bond acceptors (Lipinski definition) is 6. The van der Waals surface area contributed by atoms with E-state index in [1.165, 1.54) is 0 Å². The molecule has 3 fully saturated rings. The van der Waals surface area contributed by atoms with Gasteiger partial charge in [0.25, 0.3) is 0 Å². The fourth-order valence-electron chi connectivity index (χ4n) is 4.45. The summed E-state index contributed by atoms with van der Waals surface area (Å²) in [5.41, 5.74) is -0.470. The van der Waals surface area contributed by atoms with Crippen LogP contribution in [-0.4, -0.2) is 83.2 Å². The number of nitrogens with one attached hydrogen (secondary N) is 1. The van der Waals surface area contributed by atoms with Gasteiger partial charge in [0.05, 0.1) is 0 Å². The molecule has 0 aliphatic carbocycles. The number of ketones is 1. The van der Waals surface area contributed by atoms with Crippen LogP contribution in [0, 0.1) is 11.8 Å². The van der Waals surface area contributed by atoms with Crippen molar-refractivity contribution in [2.45, 2.75) is 78.0 Å². The van der Waals surface area contributed by atoms with Crippen molar-refractivity contribution in [2.75, 3.05) is 32.7 Å². The average molecular weight is 426 g/mol. The van der Waals surface area contributed by atoms with Crippen molar-refractivity contribution in [1.82, 2.24) is 15.1 Å². The molecule has 3 aliphatic heterocycles. The van der Waals surface area contributed by atoms with Gasteiger partial charge in [-0.25, -0.2) is 4.79 Å². The molecule has 0 radical (unpaired) electrons. The van der Waals surface area contributed by atoms with Crippen molar-refractivity contribution in [3.63, 3.8) is 0 Å². The topological polar surface area (TPSA) is 99.2 Å². The van der Waals surface area contributed by atoms with E-state index in [0.717, 1.165) is 38.9 Å². The van der Waals surface area contributed by atoms with E-state index in [1.807, 2.05) is 27.7 Å². The van der Waals surface area contributed by atoms with E-state index >= 15 is 0 Å². The number of piperidine rings is 2. The van der Waals surface area contributed by atoms with Crippen molar-refractivity contribution in [3.05, 3.63) is 0 Å². The highest BCUT2D eigenvalue weighted by atomic mass is 16.6. The first-order valence-corrected chi connectivity index (χ1v) is 11.2. The summed E-state index contributed by atoms with van der Waals surface area (Å²) in [4.78, 5) is 37.9. The minimum atomic E-state index is -0.641. The summed E-state index contributed by atoms with van der Waals surface area (Å²) in [5, 5.41) is 12.5. The molecule has 1 amide bonds. The zero-order valence-electron chi connectivity index (χ0n) is 19.1. The molecule has 2 N–H and O–H groups in total. The highest BCUT2D eigenvalue weighted by molar-refractivity contribution is 5.83. The maximum Gasteiger partial charge on any atom is 0.410 e. The number of likely N-dealkylation sites (tertiary alicyclic amines) is 2. The Hall–Kier alpha value is -1.67. The van der Waals surface area contributed by atoms with Gasteiger partial charge in [-0.3, -0.25) is 14.5 Å². The quantitative estimate of drug-likeness (QED) is 0.701. The number of aliphatic carboxylic acids is 1. The minimum absolute atomic E-state index is 0.0636. The van der Waals surface area contributed by atoms with E-state index in [-0.39, 0.29) is 23.8 Å². The van der Waals surface area contributed by atoms with Gasteiger partial charge in [-0.2, -0.15) is 0 Å². The Kier molecular flexibility index (Phi) is 8.67. The summed E-state index contributed by atoms with van der Waals surface area (Å²) in [6.45, 7) is 13.5. The Morgan fingerprint density at radius 3 is 2.43 bits per heavy atom. The summed E-state index contributed by atoms with van der Waals surface area (Å²) in [6, 6.07) is 0.241. The second kappa shape index (κ2) is 10.6. The number of carbonyl (C=O) groups excluding carboxylic acids is 2. The summed E-state index contributed by atoms with van der Waals surface area (Å²) in [5.74, 6) is 0.0954. The lowest BCUT2D eigenvalue weighted by Gasteiger charge is -2.38. The molecule has 0 aromatic rings. The first-order chi connectivity index (χ1) is 14.0. The number of amides is 1. The van der Waals surface area contributed by atoms with Crippen LogP contribution >= 0.6 is 0 Å². The standard InChI is InChI=1S/C11H20N2O2.C11H19NO3/c1-8-7-12-5-4-9(8)13-6-2-3-10(13)11(14)15;1-8-7-12(6-5-9(8)13)10(14)15-11(2,3)4/h8-10,12H,2-7H2,1H3,(H,14,15);8H,5-7H2,1-4H3/t8?,9?,10-;/m0./s1. The first kappa shape index (κ1) is 24.6. The molecule has 0 aromatic heterocycles. The number of nitrogens with zero attached hydrogens (tertiary/aromatic N) is 2. The fourth-order valence-corrected chi connectivity index (χ4v) is 4.45. The second-order valence-corrected chi connectivity index (χ2v) is 9.82. The predicted molar refractivity (Wildman–Crippen MR) is 114 cm³/mol. The zero-order valence-corrected chi connectivity index (χ0v) is 19.1. The predicted octanol–water partition coefficient (Wildman–Crippen LogP) is 2.37. The average Bonchev–Trinajstić information content (AvgIpc) is 3.13. The molecular formula is C22H39N3O5. The smallest absolute Gasteiger partial charge is 0.410 e. The van der Waals surface area contributed by atoms with Crippen LogP contribution in [0.15, 0.2) is 0 Å². The molecule has 30 heavy (non-hydrogen) atoms. The molecule has 4 atom stereocenters. The molecule has 0 spiro atoms. The lowest BCUT2D eigenvalue weighted by Crippen LogP contribution is -2.52. The SMILES string of the molecule is CC1CN(C(=O)OC(C)(C)C)CCC1=O.CC1CNCCC1N1CCC[C@H]1C(=O)O. The summed E-state index contributed by atoms with van der Waals surface area (Å²) < 4.78 is 5.24. The van der Waals surface area contributed by atoms with E-state index in [1.54, 1.807) is 4.90 Å². The van der Waals surface area contributed by atoms with Crippen molar-refractivity contribution < 1.29 is 24.2 Å². The molecule has 8 heteroatoms. The zero-order chi connectivity index (χ0) is 22.5. The number of ether oxygens (including phenoxy) is 1. The summed E-state index contributed by atoms with van der Waals surface area (Å²) in [6.07, 6.45) is 3.08. The lowest BCUT2D eigenvalue weighted by molar-refractivity contribution is -0.143. The van der Waals surface area contributed by atoms with Gasteiger partial charge in [0, 0.05) is 31.5 Å². The van der Waals surface area contributed by atoms with Crippen LogP contribution < -0.4 is 5.32 Å². The van der Waals surface area contributed by atoms with Crippen LogP contribution in [0.1, 0.15) is 60.3 Å². The van der Waals surface area contributed by atoms with E-state index in [2.05, 4.69) is 17.1 Å². The van der Waals surface area contributed by atoms with E-state index < -0.39 is 11.6 Å². The van der Waals surface area contributed by atoms with Gasteiger partial charge in [-0.05, 0) is 65.6 Å². The van der Waals surface area contributed by atoms with Crippen LogP contribution in [0.4, 0.5) is 4.79 Å². The largest absolute Gasteiger partial charge is 0.480 e. The van der Waals surface area contributed by atoms with Gasteiger partial charge < -0.3 is 20.1 Å². The van der Waals surface area contributed by atoms with Crippen LogP contribution in [0.3, 0.4) is 0 Å². The molecule has 3 heterocycles. The molecule has 172 valence electrons. The Morgan fingerprint density at radius 2 is 1.87 bits per heavy atom. The fraction of sp³-hybridized carbons (Fsp3) is 0.864. The molecule has 8 nitrogen and oxygen atoms in total. The van der Waals surface area contributed by atoms with Crippen molar-refractivity contribution in [1.29, 1.82) is 0 Å². The molecule has 3 aliphatic rings. The summed E-state index contributed by atoms with van der Waals surface area (Å²) >= 11 is 0. The number of hydrogen-bond donors (Lipinski definition) is 2. The van der Waals surface area contributed by atoms with Crippen LogP contribution in [0.2, 0.25) is 0 Å². The number of Topliss-reactive ketones (excluding diaryl/α,β-unsaturated/α-hetero) is 1. The van der Waals surface area contributed by atoms with E-state index in [4.69, 9.17) is 9.84 Å². The molecule has 3 saturated heterocycles. The number of carboxylic acids is 1. The Labute approximate surface area is 180 Å². The van der Waals surface area contributed by atoms with E-state index in [9.17, 15) is 14.4 Å². The molecule has 0 saturated carbocycles. The van der Waals surface area contributed by atoms with Gasteiger partial charge in [0.15, 0.2) is 0 Å². The third kappa shape index (κ3) is 6.94. The minimum Gasteiger partial charge on any atom is -0.480 e. The molecule has 0 bridgehead atoms. The molecular weight excluding hydrogens is 386 g/mol. The molecule has 0 aromatic carbocycles. The van der Waals surface area contributed by atoms with Gasteiger partial charge >= 0.3 is 12.1 Å². The molecule has 3 rings (SSSR count). The first-order valence-electron chi connectivity index (χ1n) is 11.2. The van der Waals surface area contributed by atoms with Crippen molar-refractivity contribution in [2.24, 2.45) is 11.8 Å². The van der Waals surface area contributed by atoms with Gasteiger partial charge in [-0.1, -0.05) is 13.8 Å². The lowest BCUT2D eigenvalue weighted by atomic mass is 9.93. The maximum atomic E-state index is 11.7. The monoisotopic (exact) mass is 425 g/mol. The summed E-state index contributed by atoms with van der Waals surface area (Å²) in [7, 11) is 0. The van der Waals surface area contributed by atoms with Crippen molar-refractivity contribution in [3.8, 4) is 0 Å². The third-order valence-electron chi connectivity index (χ3n) is 6.07. The second-order valence-electron chi connectivity index (χ2n) is 9.82. The van der Waals surface area contributed by atoms with Crippen LogP contribution in [0.5, 0.6) is 0 Å². The number of carbonyl (C=O) groups is 3. The third-order valence-corrected chi connectivity index (χ3v) is 6.07. The maximum absolute atomic E-state index is 11.7. The van der Waals surface area contributed by atoms with Crippen LogP contribution in [0.25, 0.3) is 0 Å². The number of rotatable bonds is 2. The van der Waals surface area contributed by atoms with E-state index in [0.29, 0.717) is 31.5 Å². The normalized spacial score (nSPS) is 30.4. The Balaban J connectivity index is 0.000000214. The highest BCUT2D eigenvalue weighted by Crippen LogP contribution is 2.27. The highest BCUT2D eigenvalue weighted by Gasteiger charge is 2.38. The Morgan fingerprint density at radius 1 is 1.17 bits per heavy atom. The van der Waals surface area contributed by atoms with Crippen molar-refractivity contribution >= 4 is 17.8 Å². The van der Waals surface area contributed by atoms with Crippen LogP contribution in [-0.2, 0) is 14.3 Å². The van der Waals surface area contributed by atoms with Gasteiger partial charge in [0.2, 0.25) is 0 Å². The Bertz CT molecular complexity index is 618.